The highest BCUT2D eigenvalue weighted by molar-refractivity contribution is 7.88. The van der Waals surface area contributed by atoms with Gasteiger partial charge in [-0.15, -0.1) is 0 Å². The molecular formula is C20H26N2O4S. The van der Waals surface area contributed by atoms with E-state index in [1.54, 1.807) is 17.0 Å². The first kappa shape index (κ1) is 19.6. The van der Waals surface area contributed by atoms with E-state index in [9.17, 15) is 13.2 Å². The first-order chi connectivity index (χ1) is 12.9. The van der Waals surface area contributed by atoms with Gasteiger partial charge in [0.25, 0.3) is 0 Å². The Hall–Kier alpha value is -2.12. The lowest BCUT2D eigenvalue weighted by atomic mass is 9.90. The number of hydrogen-bond donors (Lipinski definition) is 0. The smallest absolute Gasteiger partial charge is 0.237 e. The highest BCUT2D eigenvalue weighted by atomic mass is 32.2. The first-order valence-electron chi connectivity index (χ1n) is 9.21. The van der Waals surface area contributed by atoms with Gasteiger partial charge in [0, 0.05) is 13.1 Å². The average molecular weight is 391 g/mol. The lowest BCUT2D eigenvalue weighted by Gasteiger charge is -2.33. The van der Waals surface area contributed by atoms with E-state index >= 15 is 0 Å². The molecule has 2 heterocycles. The SMILES string of the molecule is CS(=O)(=O)N(CC(=O)N1CCC(Cc2ccccc2)CC1)Cc1ccco1. The van der Waals surface area contributed by atoms with E-state index in [4.69, 9.17) is 4.42 Å². The van der Waals surface area contributed by atoms with Crippen molar-refractivity contribution in [2.45, 2.75) is 25.8 Å². The zero-order valence-electron chi connectivity index (χ0n) is 15.6. The second kappa shape index (κ2) is 8.71. The fraction of sp³-hybridized carbons (Fsp3) is 0.450. The van der Waals surface area contributed by atoms with Crippen LogP contribution in [0.25, 0.3) is 0 Å². The number of sulfonamides is 1. The molecule has 146 valence electrons. The van der Waals surface area contributed by atoms with E-state index in [2.05, 4.69) is 12.1 Å². The summed E-state index contributed by atoms with van der Waals surface area (Å²) in [6, 6.07) is 13.8. The minimum atomic E-state index is -3.50. The monoisotopic (exact) mass is 390 g/mol. The Kier molecular flexibility index (Phi) is 6.34. The van der Waals surface area contributed by atoms with Crippen molar-refractivity contribution in [1.29, 1.82) is 0 Å². The molecule has 2 aromatic rings. The van der Waals surface area contributed by atoms with Crippen molar-refractivity contribution >= 4 is 15.9 Å². The van der Waals surface area contributed by atoms with Gasteiger partial charge in [0.15, 0.2) is 0 Å². The molecule has 0 bridgehead atoms. The number of furan rings is 1. The Morgan fingerprint density at radius 2 is 1.85 bits per heavy atom. The number of benzene rings is 1. The van der Waals surface area contributed by atoms with Crippen molar-refractivity contribution in [2.75, 3.05) is 25.9 Å². The van der Waals surface area contributed by atoms with Crippen LogP contribution in [-0.2, 0) is 27.8 Å². The van der Waals surface area contributed by atoms with Gasteiger partial charge in [-0.25, -0.2) is 8.42 Å². The van der Waals surface area contributed by atoms with Crippen LogP contribution in [0, 0.1) is 5.92 Å². The molecule has 0 saturated carbocycles. The van der Waals surface area contributed by atoms with E-state index in [0.29, 0.717) is 24.8 Å². The molecule has 1 saturated heterocycles. The Bertz CT molecular complexity index is 826. The fourth-order valence-corrected chi connectivity index (χ4v) is 4.16. The summed E-state index contributed by atoms with van der Waals surface area (Å²) in [7, 11) is -3.50. The molecule has 0 radical (unpaired) electrons. The fourth-order valence-electron chi connectivity index (χ4n) is 3.45. The van der Waals surface area contributed by atoms with Gasteiger partial charge in [0.1, 0.15) is 5.76 Å². The summed E-state index contributed by atoms with van der Waals surface area (Å²) in [6.07, 6.45) is 5.52. The largest absolute Gasteiger partial charge is 0.468 e. The maximum atomic E-state index is 12.6. The van der Waals surface area contributed by atoms with Crippen molar-refractivity contribution in [3.05, 3.63) is 60.1 Å². The molecule has 1 aromatic heterocycles. The third kappa shape index (κ3) is 5.68. The van der Waals surface area contributed by atoms with Crippen molar-refractivity contribution in [3.8, 4) is 0 Å². The molecule has 27 heavy (non-hydrogen) atoms. The van der Waals surface area contributed by atoms with Crippen LogP contribution < -0.4 is 0 Å². The number of rotatable bonds is 7. The minimum absolute atomic E-state index is 0.0715. The van der Waals surface area contributed by atoms with E-state index < -0.39 is 10.0 Å². The molecule has 0 unspecified atom stereocenters. The van der Waals surface area contributed by atoms with E-state index in [-0.39, 0.29) is 19.0 Å². The van der Waals surface area contributed by atoms with Crippen molar-refractivity contribution in [1.82, 2.24) is 9.21 Å². The second-order valence-corrected chi connectivity index (χ2v) is 9.11. The summed E-state index contributed by atoms with van der Waals surface area (Å²) in [5.41, 5.74) is 1.32. The van der Waals surface area contributed by atoms with Crippen molar-refractivity contribution < 1.29 is 17.6 Å². The summed E-state index contributed by atoms with van der Waals surface area (Å²) in [5, 5.41) is 0. The number of piperidine rings is 1. The summed E-state index contributed by atoms with van der Waals surface area (Å²) in [4.78, 5) is 14.4. The number of amides is 1. The van der Waals surface area contributed by atoms with Crippen LogP contribution in [0.15, 0.2) is 53.1 Å². The van der Waals surface area contributed by atoms with E-state index in [1.165, 1.54) is 16.1 Å². The molecule has 1 amide bonds. The van der Waals surface area contributed by atoms with Crippen LogP contribution in [0.2, 0.25) is 0 Å². The average Bonchev–Trinajstić information content (AvgIpc) is 3.15. The molecule has 7 heteroatoms. The number of hydrogen-bond acceptors (Lipinski definition) is 4. The molecule has 1 fully saturated rings. The number of carbonyl (C=O) groups excluding carboxylic acids is 1. The second-order valence-electron chi connectivity index (χ2n) is 7.12. The Labute approximate surface area is 160 Å². The molecule has 3 rings (SSSR count). The Morgan fingerprint density at radius 1 is 1.15 bits per heavy atom. The van der Waals surface area contributed by atoms with Gasteiger partial charge < -0.3 is 9.32 Å². The Morgan fingerprint density at radius 3 is 2.44 bits per heavy atom. The summed E-state index contributed by atoms with van der Waals surface area (Å²) >= 11 is 0. The molecule has 0 aliphatic carbocycles. The lowest BCUT2D eigenvalue weighted by molar-refractivity contribution is -0.132. The third-order valence-corrected chi connectivity index (χ3v) is 6.22. The maximum absolute atomic E-state index is 12.6. The highest BCUT2D eigenvalue weighted by Crippen LogP contribution is 2.22. The zero-order valence-corrected chi connectivity index (χ0v) is 16.4. The molecule has 0 spiro atoms. The van der Waals surface area contributed by atoms with Gasteiger partial charge in [-0.1, -0.05) is 30.3 Å². The minimum Gasteiger partial charge on any atom is -0.468 e. The van der Waals surface area contributed by atoms with Crippen LogP contribution in [0.4, 0.5) is 0 Å². The number of nitrogens with zero attached hydrogens (tertiary/aromatic N) is 2. The highest BCUT2D eigenvalue weighted by Gasteiger charge is 2.27. The first-order valence-corrected chi connectivity index (χ1v) is 11.1. The molecule has 6 nitrogen and oxygen atoms in total. The van der Waals surface area contributed by atoms with Gasteiger partial charge in [0.2, 0.25) is 15.9 Å². The summed E-state index contributed by atoms with van der Waals surface area (Å²) in [5.74, 6) is 0.936. The Balaban J connectivity index is 1.53. The molecule has 1 aliphatic heterocycles. The van der Waals surface area contributed by atoms with E-state index in [0.717, 1.165) is 25.5 Å². The molecular weight excluding hydrogens is 364 g/mol. The van der Waals surface area contributed by atoms with Gasteiger partial charge in [-0.2, -0.15) is 4.31 Å². The normalized spacial score (nSPS) is 16.0. The van der Waals surface area contributed by atoms with E-state index in [1.807, 2.05) is 18.2 Å². The molecule has 0 N–H and O–H groups in total. The topological polar surface area (TPSA) is 70.8 Å². The van der Waals surface area contributed by atoms with Gasteiger partial charge in [-0.3, -0.25) is 4.79 Å². The summed E-state index contributed by atoms with van der Waals surface area (Å²) in [6.45, 7) is 1.27. The number of likely N-dealkylation sites (tertiary alicyclic amines) is 1. The zero-order chi connectivity index (χ0) is 19.3. The maximum Gasteiger partial charge on any atom is 0.237 e. The third-order valence-electron chi connectivity index (χ3n) is 5.03. The predicted molar refractivity (Wildman–Crippen MR) is 103 cm³/mol. The van der Waals surface area contributed by atoms with Crippen LogP contribution in [0.1, 0.15) is 24.2 Å². The number of carbonyl (C=O) groups is 1. The van der Waals surface area contributed by atoms with Crippen molar-refractivity contribution in [2.24, 2.45) is 5.92 Å². The predicted octanol–water partition coefficient (Wildman–Crippen LogP) is 2.52. The molecule has 0 atom stereocenters. The van der Waals surface area contributed by atoms with Gasteiger partial charge >= 0.3 is 0 Å². The summed E-state index contributed by atoms with van der Waals surface area (Å²) < 4.78 is 30.5. The standard InChI is InChI=1S/C20H26N2O4S/c1-27(24,25)22(15-19-8-5-13-26-19)16-20(23)21-11-9-18(10-12-21)14-17-6-3-2-4-7-17/h2-8,13,18H,9-12,14-16H2,1H3. The quantitative estimate of drug-likeness (QED) is 0.728. The lowest BCUT2D eigenvalue weighted by Crippen LogP contribution is -2.45. The van der Waals surface area contributed by atoms with Gasteiger partial charge in [-0.05, 0) is 42.9 Å². The van der Waals surface area contributed by atoms with Crippen LogP contribution in [0.3, 0.4) is 0 Å². The van der Waals surface area contributed by atoms with Crippen LogP contribution >= 0.6 is 0 Å². The van der Waals surface area contributed by atoms with Gasteiger partial charge in [0.05, 0.1) is 25.6 Å². The van der Waals surface area contributed by atoms with Crippen LogP contribution in [0.5, 0.6) is 0 Å². The molecule has 1 aliphatic rings. The van der Waals surface area contributed by atoms with Crippen molar-refractivity contribution in [3.63, 3.8) is 0 Å². The van der Waals surface area contributed by atoms with Crippen LogP contribution in [-0.4, -0.2) is 49.4 Å². The molecule has 1 aromatic carbocycles.